The van der Waals surface area contributed by atoms with E-state index < -0.39 is 0 Å². The predicted molar refractivity (Wildman–Crippen MR) is 306 cm³/mol. The van der Waals surface area contributed by atoms with E-state index in [1.807, 2.05) is 67.6 Å². The van der Waals surface area contributed by atoms with E-state index >= 15 is 0 Å². The Bertz CT molecular complexity index is 3340. The summed E-state index contributed by atoms with van der Waals surface area (Å²) < 4.78 is 11.4. The van der Waals surface area contributed by atoms with Crippen LogP contribution in [0.25, 0.3) is 55.8 Å². The molecule has 402 valence electrons. The van der Waals surface area contributed by atoms with E-state index in [2.05, 4.69) is 144 Å². The van der Waals surface area contributed by atoms with Crippen LogP contribution >= 0.6 is 0 Å². The number of nitrogens with zero attached hydrogens (tertiary/aromatic N) is 19. The summed E-state index contributed by atoms with van der Waals surface area (Å²) in [5.74, 6) is 1.82. The molecule has 0 unspecified atom stereocenters. The third-order valence-corrected chi connectivity index (χ3v) is 12.1. The molecule has 0 fully saturated rings. The van der Waals surface area contributed by atoms with Crippen LogP contribution in [0.2, 0.25) is 0 Å². The minimum Gasteiger partial charge on any atom is -0.398 e. The van der Waals surface area contributed by atoms with Crippen LogP contribution in [-0.2, 0) is 0 Å². The highest BCUT2D eigenvalue weighted by Gasteiger charge is 2.13. The summed E-state index contributed by atoms with van der Waals surface area (Å²) >= 11 is 0. The van der Waals surface area contributed by atoms with Crippen LogP contribution in [0, 0.1) is 0 Å². The van der Waals surface area contributed by atoms with Crippen LogP contribution in [0.3, 0.4) is 0 Å². The van der Waals surface area contributed by atoms with Gasteiger partial charge in [0.05, 0.1) is 54.4 Å². The first kappa shape index (κ1) is 55.4. The van der Waals surface area contributed by atoms with Gasteiger partial charge in [0.2, 0.25) is 0 Å². The summed E-state index contributed by atoms with van der Waals surface area (Å²) in [4.78, 5) is 37.6. The number of fused-ring (bicyclic) bond motifs is 6. The standard InChI is InChI=1S/C10H13N3.3C9H12N4.C9H11N3.C7H10N6/c1-7(2)13-6-4-8-9(11)3-5-12-10(8)13;1-6(2)7-5-12-13-8(10)3-4-11-9(7)13;1-6(2)13-5-12-8-7(10)3-4-11-9(8)13;1-6(2)8-5-11-9-7(10)3-4-12-13(8)9;1-7(2)12-6-11-8-4-3-5-10-9(8)12;1-4(2)13-7-5(11-12-13)6(8)9-3-10-7/h3-7H,1-2H3,(H2,11,12);3-6H,10H2,1-2H3;3-6H,1-2H3,(H2,10,11);3-6H,10H2,1-2H3;3-7H,1-2H3;3-4H,1-2H3,(H2,8,9,10). The molecule has 12 aromatic rings. The molecule has 10 N–H and O–H groups in total. The topological polar surface area (TPSA) is 326 Å². The summed E-state index contributed by atoms with van der Waals surface area (Å²) in [5.41, 5.74) is 40.4. The minimum absolute atomic E-state index is 0.222. The Labute approximate surface area is 445 Å². The van der Waals surface area contributed by atoms with Gasteiger partial charge in [-0.2, -0.15) is 14.7 Å². The highest BCUT2D eigenvalue weighted by Crippen LogP contribution is 2.24. The monoisotopic (exact) mass is 1040 g/mol. The number of hydrogen-bond donors (Lipinski definition) is 5. The molecule has 0 amide bonds. The van der Waals surface area contributed by atoms with E-state index in [0.29, 0.717) is 64.1 Å². The third-order valence-electron chi connectivity index (χ3n) is 12.1. The first-order valence-corrected chi connectivity index (χ1v) is 25.3. The Morgan fingerprint density at radius 1 is 0.442 bits per heavy atom. The van der Waals surface area contributed by atoms with Crippen molar-refractivity contribution in [1.29, 1.82) is 0 Å². The van der Waals surface area contributed by atoms with Gasteiger partial charge in [0.25, 0.3) is 0 Å². The van der Waals surface area contributed by atoms with E-state index in [-0.39, 0.29) is 6.04 Å². The van der Waals surface area contributed by atoms with E-state index in [4.69, 9.17) is 28.7 Å². The van der Waals surface area contributed by atoms with Crippen molar-refractivity contribution in [2.24, 2.45) is 0 Å². The van der Waals surface area contributed by atoms with Crippen molar-refractivity contribution in [3.8, 4) is 0 Å². The normalized spacial score (nSPS) is 11.3. The zero-order chi connectivity index (χ0) is 55.7. The Morgan fingerprint density at radius 2 is 1.08 bits per heavy atom. The van der Waals surface area contributed by atoms with Gasteiger partial charge in [-0.05, 0) is 110 Å². The van der Waals surface area contributed by atoms with E-state index in [0.717, 1.165) is 61.6 Å². The average molecular weight is 1040 g/mol. The van der Waals surface area contributed by atoms with Crippen LogP contribution in [0.15, 0.2) is 111 Å². The molecule has 0 aliphatic heterocycles. The predicted octanol–water partition coefficient (Wildman–Crippen LogP) is 9.06. The Balaban J connectivity index is 0.000000134. The van der Waals surface area contributed by atoms with Gasteiger partial charge in [-0.25, -0.2) is 54.1 Å². The fourth-order valence-electron chi connectivity index (χ4n) is 7.86. The highest BCUT2D eigenvalue weighted by atomic mass is 15.5. The average Bonchev–Trinajstić information content (AvgIpc) is 4.26. The molecular weight excluding hydrogens is 973 g/mol. The van der Waals surface area contributed by atoms with Crippen LogP contribution in [0.1, 0.15) is 130 Å². The second kappa shape index (κ2) is 24.3. The summed E-state index contributed by atoms with van der Waals surface area (Å²) in [5, 5.41) is 17.2. The van der Waals surface area contributed by atoms with Crippen molar-refractivity contribution in [3.05, 3.63) is 122 Å². The van der Waals surface area contributed by atoms with Gasteiger partial charge in [0, 0.05) is 65.7 Å². The van der Waals surface area contributed by atoms with Crippen LogP contribution in [-0.4, -0.2) is 92.8 Å². The number of nitrogens with two attached hydrogens (primary N) is 5. The van der Waals surface area contributed by atoms with Gasteiger partial charge < -0.3 is 42.4 Å². The summed E-state index contributed by atoms with van der Waals surface area (Å²) in [6, 6.07) is 14.4. The van der Waals surface area contributed by atoms with Crippen LogP contribution in [0.4, 0.5) is 28.7 Å². The lowest BCUT2D eigenvalue weighted by Gasteiger charge is -2.07. The van der Waals surface area contributed by atoms with Gasteiger partial charge in [0.1, 0.15) is 28.8 Å². The molecule has 0 aliphatic carbocycles. The lowest BCUT2D eigenvalue weighted by molar-refractivity contribution is 0.526. The number of pyridine rings is 3. The molecule has 0 bridgehead atoms. The maximum absolute atomic E-state index is 5.82. The smallest absolute Gasteiger partial charge is 0.184 e. The quantitative estimate of drug-likeness (QED) is 0.104. The second-order valence-electron chi connectivity index (χ2n) is 19.6. The molecule has 12 heterocycles. The number of imidazole rings is 3. The van der Waals surface area contributed by atoms with Crippen molar-refractivity contribution in [1.82, 2.24) is 92.8 Å². The van der Waals surface area contributed by atoms with Crippen molar-refractivity contribution in [3.63, 3.8) is 0 Å². The van der Waals surface area contributed by atoms with E-state index in [1.54, 1.807) is 69.2 Å². The van der Waals surface area contributed by atoms with Gasteiger partial charge in [-0.1, -0.05) is 32.9 Å². The fourth-order valence-corrected chi connectivity index (χ4v) is 7.86. The molecule has 0 atom stereocenters. The summed E-state index contributed by atoms with van der Waals surface area (Å²) in [6.07, 6.45) is 19.3. The van der Waals surface area contributed by atoms with E-state index in [1.165, 1.54) is 6.33 Å². The molecule has 24 nitrogen and oxygen atoms in total. The molecule has 0 spiro atoms. The Kier molecular flexibility index (Phi) is 17.5. The zero-order valence-corrected chi connectivity index (χ0v) is 45.7. The lowest BCUT2D eigenvalue weighted by atomic mass is 10.1. The largest absolute Gasteiger partial charge is 0.398 e. The van der Waals surface area contributed by atoms with E-state index in [9.17, 15) is 0 Å². The van der Waals surface area contributed by atoms with Gasteiger partial charge in [-0.3, -0.25) is 0 Å². The maximum atomic E-state index is 5.82. The van der Waals surface area contributed by atoms with Crippen molar-refractivity contribution in [2.45, 2.75) is 119 Å². The number of rotatable bonds is 6. The number of aromatic nitrogens is 19. The molecule has 12 rings (SSSR count). The SMILES string of the molecule is CC(C)c1cnc2c(N)ccnn12.CC(C)c1cnn2c(N)ccnc12.CC(C)n1ccc2c(N)ccnc21.CC(C)n1cnc2c(N)ccnc21.CC(C)n1cnc2cccnc21.CC(C)n1nnc2c(N)ncnc21. The lowest BCUT2D eigenvalue weighted by Crippen LogP contribution is -2.04. The number of hydrogen-bond acceptors (Lipinski definition) is 18. The molecular formula is C53H70N24. The molecule has 0 radical (unpaired) electrons. The first-order chi connectivity index (χ1) is 36.8. The van der Waals surface area contributed by atoms with Crippen molar-refractivity contribution >= 4 is 84.5 Å². The summed E-state index contributed by atoms with van der Waals surface area (Å²) in [7, 11) is 0. The van der Waals surface area contributed by atoms with Gasteiger partial charge >= 0.3 is 0 Å². The second-order valence-corrected chi connectivity index (χ2v) is 19.6. The van der Waals surface area contributed by atoms with Crippen molar-refractivity contribution < 1.29 is 0 Å². The van der Waals surface area contributed by atoms with Gasteiger partial charge in [0.15, 0.2) is 39.6 Å². The highest BCUT2D eigenvalue weighted by molar-refractivity contribution is 5.88. The molecule has 0 saturated carbocycles. The minimum atomic E-state index is 0.222. The van der Waals surface area contributed by atoms with Crippen LogP contribution < -0.4 is 28.7 Å². The number of nitrogen functional groups attached to an aromatic ring is 5. The Morgan fingerprint density at radius 3 is 1.77 bits per heavy atom. The molecule has 0 saturated heterocycles. The Hall–Kier alpha value is -9.35. The molecule has 77 heavy (non-hydrogen) atoms. The third kappa shape index (κ3) is 12.4. The summed E-state index contributed by atoms with van der Waals surface area (Å²) in [6.45, 7) is 25.1. The molecule has 0 aliphatic rings. The fraction of sp³-hybridized carbons (Fsp3) is 0.340. The maximum Gasteiger partial charge on any atom is 0.184 e. The molecule has 24 heteroatoms. The van der Waals surface area contributed by atoms with Gasteiger partial charge in [-0.15, -0.1) is 5.10 Å². The first-order valence-electron chi connectivity index (χ1n) is 25.3. The van der Waals surface area contributed by atoms with Crippen LogP contribution in [0.5, 0.6) is 0 Å². The zero-order valence-electron chi connectivity index (χ0n) is 45.7. The number of anilines is 5. The van der Waals surface area contributed by atoms with Crippen molar-refractivity contribution in [2.75, 3.05) is 28.7 Å². The molecule has 12 aromatic heterocycles. The molecule has 0 aromatic carbocycles.